The molecule has 5 aliphatic rings. The van der Waals surface area contributed by atoms with Crippen LogP contribution in [0.15, 0.2) is 233 Å². The van der Waals surface area contributed by atoms with Gasteiger partial charge in [0.2, 0.25) is 0 Å². The van der Waals surface area contributed by atoms with E-state index in [-0.39, 0.29) is 71.4 Å². The maximum Gasteiger partial charge on any atom is 0.357 e. The fourth-order valence-electron chi connectivity index (χ4n) is 17.0. The maximum atomic E-state index is 14.0. The van der Waals surface area contributed by atoms with E-state index in [2.05, 4.69) is 34.1 Å². The van der Waals surface area contributed by atoms with Gasteiger partial charge in [-0.05, 0) is 116 Å². The van der Waals surface area contributed by atoms with Crippen LogP contribution in [0.2, 0.25) is 0 Å². The van der Waals surface area contributed by atoms with Crippen molar-refractivity contribution in [3.63, 3.8) is 0 Å². The highest BCUT2D eigenvalue weighted by atomic mass is 32.1. The van der Waals surface area contributed by atoms with Gasteiger partial charge in [0.15, 0.2) is 11.5 Å². The Kier molecular flexibility index (Phi) is 27.0. The SMILES string of the molecule is CCOC(=O)c1c(N2CCN(C(=O)c3ccco3)CC2)c2ccccc2n(Cc2ccc(OC)cc2)c1=O.CCOC(=O)c1c(N2CCN(Cc3ccccc3)CC2)c2ccccc2n(C)c1=O.Cn1c(=O)c([N+](=O)[O-])c(N2CCN(C(=O)c3ccsc3)CC2)c2ccccc21.O=C(c1ccco1)N1CCN(c2c([N+](=O)[O-])c(=O)n(CC3CC3)c3ccccc23)CC1. The van der Waals surface area contributed by atoms with E-state index in [1.54, 1.807) is 113 Å². The van der Waals surface area contributed by atoms with Crippen LogP contribution in [-0.2, 0) is 43.2 Å². The number of piperazine rings is 4. The Morgan fingerprint density at radius 3 is 1.28 bits per heavy atom. The molecule has 4 saturated heterocycles. The molecule has 0 N–H and O–H groups in total. The monoisotopic (exact) mass is 1740 g/mol. The van der Waals surface area contributed by atoms with Gasteiger partial charge in [-0.2, -0.15) is 11.3 Å². The van der Waals surface area contributed by atoms with Crippen molar-refractivity contribution in [1.82, 2.24) is 37.9 Å². The molecule has 0 unspecified atom stereocenters. The Hall–Kier alpha value is -14.5. The first-order chi connectivity index (χ1) is 61.6. The number of rotatable bonds is 20. The first kappa shape index (κ1) is 87.4. The molecule has 4 aliphatic heterocycles. The van der Waals surface area contributed by atoms with E-state index in [4.69, 9.17) is 23.0 Å². The number of amides is 3. The van der Waals surface area contributed by atoms with Gasteiger partial charge >= 0.3 is 34.4 Å². The zero-order valence-corrected chi connectivity index (χ0v) is 71.8. The van der Waals surface area contributed by atoms with E-state index in [0.717, 1.165) is 73.2 Å². The van der Waals surface area contributed by atoms with Gasteiger partial charge in [-0.25, -0.2) is 9.59 Å². The van der Waals surface area contributed by atoms with Gasteiger partial charge in [-0.15, -0.1) is 0 Å². The lowest BCUT2D eigenvalue weighted by Gasteiger charge is -2.37. The number of benzene rings is 6. The third kappa shape index (κ3) is 18.7. The summed E-state index contributed by atoms with van der Waals surface area (Å²) in [5.41, 5.74) is 5.09. The third-order valence-corrected chi connectivity index (χ3v) is 24.3. The molecule has 6 aromatic carbocycles. The highest BCUT2D eigenvalue weighted by molar-refractivity contribution is 7.08. The predicted molar refractivity (Wildman–Crippen MR) is 485 cm³/mol. The van der Waals surface area contributed by atoms with Crippen molar-refractivity contribution in [2.24, 2.45) is 20.0 Å². The number of esters is 2. The minimum atomic E-state index is -0.657. The summed E-state index contributed by atoms with van der Waals surface area (Å²) in [6.45, 7) is 13.8. The summed E-state index contributed by atoms with van der Waals surface area (Å²) < 4.78 is 32.4. The number of para-hydroxylation sites is 4. The number of anilines is 4. The van der Waals surface area contributed by atoms with Gasteiger partial charge < -0.3 is 75.6 Å². The molecule has 32 nitrogen and oxygen atoms in total. The summed E-state index contributed by atoms with van der Waals surface area (Å²) in [5, 5.41) is 30.4. The van der Waals surface area contributed by atoms with E-state index in [0.29, 0.717) is 147 Å². The molecular weight excluding hydrogens is 1650 g/mol. The molecule has 3 amide bonds. The molecule has 0 radical (unpaired) electrons. The van der Waals surface area contributed by atoms with Gasteiger partial charge in [-0.1, -0.05) is 115 Å². The van der Waals surface area contributed by atoms with Crippen LogP contribution >= 0.6 is 11.3 Å². The number of ether oxygens (including phenoxy) is 3. The molecule has 11 heterocycles. The number of nitrogens with zero attached hydrogens (tertiary/aromatic N) is 14. The van der Waals surface area contributed by atoms with Crippen molar-refractivity contribution in [3.05, 3.63) is 306 Å². The van der Waals surface area contributed by atoms with Crippen LogP contribution in [-0.4, -0.2) is 202 Å². The fraction of sp³-hybridized carbons (Fsp3) is 0.309. The molecule has 0 spiro atoms. The first-order valence-corrected chi connectivity index (χ1v) is 43.1. The number of fused-ring (bicyclic) bond motifs is 4. The lowest BCUT2D eigenvalue weighted by molar-refractivity contribution is -0.385. The molecule has 33 heteroatoms. The summed E-state index contributed by atoms with van der Waals surface area (Å²) in [5.74, 6) is 0.0558. The number of furan rings is 2. The molecular formula is C94H96N14O18S. The lowest BCUT2D eigenvalue weighted by Crippen LogP contribution is -2.49. The van der Waals surface area contributed by atoms with Gasteiger partial charge in [0, 0.05) is 159 Å². The Labute approximate surface area is 732 Å². The molecule has 1 saturated carbocycles. The van der Waals surface area contributed by atoms with Crippen LogP contribution in [0.25, 0.3) is 43.6 Å². The number of pyridine rings is 4. The van der Waals surface area contributed by atoms with Crippen LogP contribution in [0.3, 0.4) is 0 Å². The van der Waals surface area contributed by atoms with Crippen molar-refractivity contribution in [3.8, 4) is 5.75 Å². The first-order valence-electron chi connectivity index (χ1n) is 42.2. The predicted octanol–water partition coefficient (Wildman–Crippen LogP) is 12.2. The minimum Gasteiger partial charge on any atom is -0.497 e. The average Bonchev–Trinajstić information content (AvgIpc) is 1.28. The highest BCUT2D eigenvalue weighted by Gasteiger charge is 2.38. The number of carbonyl (C=O) groups excluding carboxylic acids is 5. The molecule has 5 fully saturated rings. The van der Waals surface area contributed by atoms with Gasteiger partial charge in [0.25, 0.3) is 28.8 Å². The van der Waals surface area contributed by atoms with Gasteiger partial charge in [-0.3, -0.25) is 58.7 Å². The summed E-state index contributed by atoms with van der Waals surface area (Å²) in [7, 11) is 4.85. The smallest absolute Gasteiger partial charge is 0.357 e. The van der Waals surface area contributed by atoms with Crippen molar-refractivity contribution in [2.45, 2.75) is 46.3 Å². The zero-order chi connectivity index (χ0) is 89.1. The second-order valence-corrected chi connectivity index (χ2v) is 32.0. The van der Waals surface area contributed by atoms with Crippen LogP contribution < -0.4 is 46.6 Å². The molecule has 7 aromatic heterocycles. The molecule has 656 valence electrons. The summed E-state index contributed by atoms with van der Waals surface area (Å²) in [6, 6.07) is 56.1. The van der Waals surface area contributed by atoms with E-state index < -0.39 is 44.2 Å². The van der Waals surface area contributed by atoms with Crippen molar-refractivity contribution < 1.29 is 56.9 Å². The zero-order valence-electron chi connectivity index (χ0n) is 71.0. The number of hydrogen-bond acceptors (Lipinski definition) is 24. The Morgan fingerprint density at radius 2 is 0.827 bits per heavy atom. The molecule has 13 aromatic rings. The number of thiophene rings is 1. The lowest BCUT2D eigenvalue weighted by atomic mass is 10.0. The quantitative estimate of drug-likeness (QED) is 0.0388. The van der Waals surface area contributed by atoms with E-state index in [1.807, 2.05) is 129 Å². The number of hydrogen-bond donors (Lipinski definition) is 0. The second kappa shape index (κ2) is 39.2. The van der Waals surface area contributed by atoms with Crippen LogP contribution in [0.4, 0.5) is 34.1 Å². The van der Waals surface area contributed by atoms with Crippen LogP contribution in [0, 0.1) is 26.1 Å². The second-order valence-electron chi connectivity index (χ2n) is 31.2. The van der Waals surface area contributed by atoms with Gasteiger partial charge in [0.05, 0.1) is 88.2 Å². The van der Waals surface area contributed by atoms with Crippen molar-refractivity contribution in [1.29, 1.82) is 0 Å². The number of methoxy groups -OCH3 is 1. The normalized spacial score (nSPS) is 14.8. The molecule has 1 aliphatic carbocycles. The number of aromatic nitrogens is 4. The fourth-order valence-corrected chi connectivity index (χ4v) is 17.6. The number of nitro groups is 2. The largest absolute Gasteiger partial charge is 0.497 e. The van der Waals surface area contributed by atoms with Crippen LogP contribution in [0.5, 0.6) is 5.75 Å². The minimum absolute atomic E-state index is 0.00451. The average molecular weight is 1740 g/mol. The van der Waals surface area contributed by atoms with Crippen molar-refractivity contribution >= 4 is 119 Å². The Morgan fingerprint density at radius 1 is 0.425 bits per heavy atom. The summed E-state index contributed by atoms with van der Waals surface area (Å²) in [6.07, 6.45) is 5.02. The molecule has 127 heavy (non-hydrogen) atoms. The molecule has 0 atom stereocenters. The number of carbonyl (C=O) groups is 5. The van der Waals surface area contributed by atoms with E-state index in [1.165, 1.54) is 38.6 Å². The van der Waals surface area contributed by atoms with E-state index in [9.17, 15) is 63.4 Å². The maximum absolute atomic E-state index is 14.0. The summed E-state index contributed by atoms with van der Waals surface area (Å²) in [4.78, 5) is 155. The van der Waals surface area contributed by atoms with E-state index >= 15 is 0 Å². The van der Waals surface area contributed by atoms with Crippen molar-refractivity contribution in [2.75, 3.05) is 145 Å². The van der Waals surface area contributed by atoms with Gasteiger partial charge in [0.1, 0.15) is 28.3 Å². The summed E-state index contributed by atoms with van der Waals surface area (Å²) >= 11 is 1.47. The molecule has 0 bridgehead atoms. The standard InChI is InChI=1S/C29H29N3O6.C24H27N3O3.C22H22N4O5.C19H18N4O4S/c1-3-37-29(35)25-26(30-14-16-31(17-15-30)27(33)24-9-6-18-38-24)22-7-4-5-8-23(22)32(28(25)34)19-20-10-12-21(36-2)13-11-20;1-3-30-24(29)21-22(19-11-7-8-12-20(19)25(2)23(21)28)27-15-13-26(14-16-27)17-18-9-5-4-6-10-18;27-21(18-6-3-13-31-18)24-11-9-23(10-12-24)19-16-4-1-2-5-17(16)25(14-15-7-8-15)22(28)20(19)26(29)30;1-20-15-5-3-2-4-14(15)16(17(19(20)25)23(26)27)21-7-9-22(10-8-21)18(24)13-6-11-28-12-13/h4-13,18H,3,14-17,19H2,1-2H3;4-12H,3,13-17H2,1-2H3;1-6,13,15H,7-12,14H2;2-6,11-12H,7-10H2,1H3. The topological polar surface area (TPSA) is 340 Å². The molecule has 18 rings (SSSR count). The highest BCUT2D eigenvalue weighted by Crippen LogP contribution is 2.40. The Balaban J connectivity index is 0.000000131. The number of aryl methyl sites for hydroxylation is 2. The van der Waals surface area contributed by atoms with Crippen LogP contribution in [0.1, 0.15) is 90.0 Å². The third-order valence-electron chi connectivity index (χ3n) is 23.6. The Bertz CT molecular complexity index is 6480.